The molecule has 0 saturated carbocycles. The lowest BCUT2D eigenvalue weighted by molar-refractivity contribution is 0.0277. The first-order valence-corrected chi connectivity index (χ1v) is 9.71. The van der Waals surface area contributed by atoms with Crippen molar-refractivity contribution in [3.63, 3.8) is 0 Å². The molecule has 3 aromatic heterocycles. The highest BCUT2D eigenvalue weighted by atomic mass is 16.6. The van der Waals surface area contributed by atoms with Crippen molar-refractivity contribution in [1.29, 1.82) is 0 Å². The Hall–Kier alpha value is -3.07. The largest absolute Gasteiger partial charge is 0.444 e. The van der Waals surface area contributed by atoms with Crippen LogP contribution in [0.2, 0.25) is 0 Å². The van der Waals surface area contributed by atoms with Gasteiger partial charge in [0.2, 0.25) is 0 Å². The fourth-order valence-corrected chi connectivity index (χ4v) is 3.65. The van der Waals surface area contributed by atoms with E-state index in [0.29, 0.717) is 19.7 Å². The molecule has 1 aliphatic rings. The number of piperazine rings is 1. The van der Waals surface area contributed by atoms with Gasteiger partial charge in [-0.1, -0.05) is 0 Å². The number of methoxy groups -OCH3 is 1. The van der Waals surface area contributed by atoms with Gasteiger partial charge in [0.1, 0.15) is 11.8 Å². The van der Waals surface area contributed by atoms with Gasteiger partial charge in [0.05, 0.1) is 18.5 Å². The number of ether oxygens (including phenoxy) is 2. The quantitative estimate of drug-likeness (QED) is 0.709. The summed E-state index contributed by atoms with van der Waals surface area (Å²) in [5.41, 5.74) is 3.97. The molecule has 9 heteroatoms. The van der Waals surface area contributed by atoms with E-state index < -0.39 is 0 Å². The normalized spacial score (nSPS) is 15.7. The fraction of sp³-hybridized carbons (Fsp3) is 0.450. The van der Waals surface area contributed by atoms with Crippen LogP contribution in [0.3, 0.4) is 0 Å². The summed E-state index contributed by atoms with van der Waals surface area (Å²) in [6.07, 6.45) is 5.08. The van der Waals surface area contributed by atoms with Gasteiger partial charge in [-0.3, -0.25) is 4.68 Å². The number of aromatic nitrogens is 4. The summed E-state index contributed by atoms with van der Waals surface area (Å²) in [4.78, 5) is 24.2. The van der Waals surface area contributed by atoms with Gasteiger partial charge >= 0.3 is 6.09 Å². The first-order valence-electron chi connectivity index (χ1n) is 9.71. The molecule has 1 unspecified atom stereocenters. The summed E-state index contributed by atoms with van der Waals surface area (Å²) >= 11 is 0. The maximum absolute atomic E-state index is 12.3. The van der Waals surface area contributed by atoms with Gasteiger partial charge in [-0.15, -0.1) is 0 Å². The minimum Gasteiger partial charge on any atom is -0.444 e. The first-order chi connectivity index (χ1) is 14.0. The number of amides is 1. The molecule has 29 heavy (non-hydrogen) atoms. The number of hydrogen-bond acceptors (Lipinski definition) is 6. The molecule has 9 nitrogen and oxygen atoms in total. The molecule has 4 heterocycles. The molecule has 154 valence electrons. The van der Waals surface area contributed by atoms with E-state index in [1.54, 1.807) is 16.7 Å². The maximum atomic E-state index is 12.3. The molecular formula is C20H26N6O3. The number of carbonyl (C=O) groups excluding carboxylic acids is 1. The Morgan fingerprint density at radius 3 is 2.79 bits per heavy atom. The number of pyridine rings is 1. The van der Waals surface area contributed by atoms with Gasteiger partial charge < -0.3 is 24.3 Å². The van der Waals surface area contributed by atoms with Gasteiger partial charge in [-0.25, -0.2) is 9.78 Å². The highest BCUT2D eigenvalue weighted by Gasteiger charge is 2.25. The van der Waals surface area contributed by atoms with E-state index in [4.69, 9.17) is 9.47 Å². The standard InChI is InChI=1S/C20H26N6O3/c1-14(13-28-3)29-20(27)26-8-6-25(7-9-26)18-4-5-21-19-16(18)10-17(23-19)15-11-22-24(2)12-15/h4-5,10-12,14H,6-9,13H2,1-3H3,(H,21,23). The number of anilines is 1. The molecule has 1 aliphatic heterocycles. The molecular weight excluding hydrogens is 372 g/mol. The van der Waals surface area contributed by atoms with Crippen LogP contribution in [0.15, 0.2) is 30.7 Å². The molecule has 0 bridgehead atoms. The number of carbonyl (C=O) groups is 1. The molecule has 0 spiro atoms. The lowest BCUT2D eigenvalue weighted by Gasteiger charge is -2.36. The molecule has 0 aliphatic carbocycles. The third-order valence-corrected chi connectivity index (χ3v) is 5.11. The Labute approximate surface area is 169 Å². The minimum atomic E-state index is -0.283. The van der Waals surface area contributed by atoms with Crippen LogP contribution in [0.1, 0.15) is 6.92 Å². The predicted molar refractivity (Wildman–Crippen MR) is 110 cm³/mol. The van der Waals surface area contributed by atoms with Crippen LogP contribution in [-0.2, 0) is 16.5 Å². The lowest BCUT2D eigenvalue weighted by Crippen LogP contribution is -2.49. The minimum absolute atomic E-state index is 0.254. The van der Waals surface area contributed by atoms with E-state index in [1.807, 2.05) is 38.6 Å². The van der Waals surface area contributed by atoms with Gasteiger partial charge in [0.25, 0.3) is 0 Å². The number of rotatable bonds is 5. The molecule has 1 saturated heterocycles. The Bertz CT molecular complexity index is 989. The van der Waals surface area contributed by atoms with Crippen LogP contribution < -0.4 is 4.90 Å². The Morgan fingerprint density at radius 2 is 2.10 bits per heavy atom. The zero-order chi connectivity index (χ0) is 20.4. The van der Waals surface area contributed by atoms with Crippen LogP contribution in [0, 0.1) is 0 Å². The Balaban J connectivity index is 1.47. The number of nitrogens with zero attached hydrogens (tertiary/aromatic N) is 5. The topological polar surface area (TPSA) is 88.5 Å². The average Bonchev–Trinajstić information content (AvgIpc) is 3.34. The van der Waals surface area contributed by atoms with E-state index in [0.717, 1.165) is 41.1 Å². The van der Waals surface area contributed by atoms with Crippen molar-refractivity contribution in [3.8, 4) is 11.3 Å². The second kappa shape index (κ2) is 8.12. The van der Waals surface area contributed by atoms with E-state index in [-0.39, 0.29) is 12.2 Å². The predicted octanol–water partition coefficient (Wildman–Crippen LogP) is 2.26. The molecule has 4 rings (SSSR count). The molecule has 1 atom stereocenters. The summed E-state index contributed by atoms with van der Waals surface area (Å²) in [5.74, 6) is 0. The highest BCUT2D eigenvalue weighted by Crippen LogP contribution is 2.30. The first kappa shape index (κ1) is 19.3. The SMILES string of the molecule is COCC(C)OC(=O)N1CCN(c2ccnc3[nH]c(-c4cnn(C)c4)cc23)CC1. The third-order valence-electron chi connectivity index (χ3n) is 5.11. The van der Waals surface area contributed by atoms with E-state index in [2.05, 4.69) is 26.0 Å². The molecule has 3 aromatic rings. The molecule has 1 N–H and O–H groups in total. The van der Waals surface area contributed by atoms with Crippen LogP contribution in [0.4, 0.5) is 10.5 Å². The number of nitrogens with one attached hydrogen (secondary N) is 1. The maximum Gasteiger partial charge on any atom is 0.410 e. The van der Waals surface area contributed by atoms with Crippen LogP contribution in [0.25, 0.3) is 22.3 Å². The van der Waals surface area contributed by atoms with Crippen molar-refractivity contribution in [3.05, 3.63) is 30.7 Å². The number of H-pyrrole nitrogens is 1. The van der Waals surface area contributed by atoms with Crippen LogP contribution >= 0.6 is 0 Å². The molecule has 0 aromatic carbocycles. The van der Waals surface area contributed by atoms with Gasteiger partial charge in [-0.2, -0.15) is 5.10 Å². The summed E-state index contributed by atoms with van der Waals surface area (Å²) in [5, 5.41) is 5.31. The summed E-state index contributed by atoms with van der Waals surface area (Å²) in [7, 11) is 3.50. The van der Waals surface area contributed by atoms with E-state index in [9.17, 15) is 4.79 Å². The number of fused-ring (bicyclic) bond motifs is 1. The Morgan fingerprint density at radius 1 is 1.31 bits per heavy atom. The smallest absolute Gasteiger partial charge is 0.410 e. The van der Waals surface area contributed by atoms with Gasteiger partial charge in [-0.05, 0) is 19.1 Å². The van der Waals surface area contributed by atoms with Crippen molar-refractivity contribution in [2.75, 3.05) is 44.8 Å². The third kappa shape index (κ3) is 4.04. The number of hydrogen-bond donors (Lipinski definition) is 1. The molecule has 0 radical (unpaired) electrons. The molecule has 1 amide bonds. The van der Waals surface area contributed by atoms with E-state index >= 15 is 0 Å². The van der Waals surface area contributed by atoms with Gasteiger partial charge in [0, 0.05) is 69.4 Å². The average molecular weight is 398 g/mol. The second-order valence-electron chi connectivity index (χ2n) is 7.30. The number of aromatic amines is 1. The zero-order valence-electron chi connectivity index (χ0n) is 17.0. The monoisotopic (exact) mass is 398 g/mol. The zero-order valence-corrected chi connectivity index (χ0v) is 17.0. The summed E-state index contributed by atoms with van der Waals surface area (Å²) < 4.78 is 12.2. The highest BCUT2D eigenvalue weighted by molar-refractivity contribution is 5.93. The van der Waals surface area contributed by atoms with Crippen molar-refractivity contribution >= 4 is 22.8 Å². The van der Waals surface area contributed by atoms with Crippen LogP contribution in [-0.4, -0.2) is 76.7 Å². The lowest BCUT2D eigenvalue weighted by atomic mass is 10.2. The fourth-order valence-electron chi connectivity index (χ4n) is 3.65. The summed E-state index contributed by atoms with van der Waals surface area (Å²) in [6, 6.07) is 4.14. The van der Waals surface area contributed by atoms with Crippen molar-refractivity contribution < 1.29 is 14.3 Å². The van der Waals surface area contributed by atoms with Crippen molar-refractivity contribution in [2.45, 2.75) is 13.0 Å². The van der Waals surface area contributed by atoms with Crippen molar-refractivity contribution in [2.24, 2.45) is 7.05 Å². The van der Waals surface area contributed by atoms with Crippen LogP contribution in [0.5, 0.6) is 0 Å². The summed E-state index contributed by atoms with van der Waals surface area (Å²) in [6.45, 7) is 4.93. The van der Waals surface area contributed by atoms with Crippen molar-refractivity contribution in [1.82, 2.24) is 24.6 Å². The second-order valence-corrected chi connectivity index (χ2v) is 7.30. The van der Waals surface area contributed by atoms with Gasteiger partial charge in [0.15, 0.2) is 0 Å². The molecule has 1 fully saturated rings. The number of aryl methyl sites for hydroxylation is 1. The Kier molecular flexibility index (Phi) is 5.39. The van der Waals surface area contributed by atoms with E-state index in [1.165, 1.54) is 0 Å².